The Balaban J connectivity index is 1.47. The Morgan fingerprint density at radius 3 is 2.76 bits per heavy atom. The van der Waals surface area contributed by atoms with E-state index in [1.807, 2.05) is 0 Å². The van der Waals surface area contributed by atoms with E-state index in [0.717, 1.165) is 43.6 Å². The van der Waals surface area contributed by atoms with Gasteiger partial charge < -0.3 is 26.4 Å². The molecule has 2 aliphatic rings. The minimum atomic E-state index is -0.666. The molecule has 194 valence electrons. The van der Waals surface area contributed by atoms with Gasteiger partial charge in [-0.15, -0.1) is 0 Å². The van der Waals surface area contributed by atoms with Crippen LogP contribution in [0, 0.1) is 11.6 Å². The lowest BCUT2D eigenvalue weighted by molar-refractivity contribution is 0.188. The number of likely N-dealkylation sites (tertiary alicyclic amines) is 1. The van der Waals surface area contributed by atoms with Crippen LogP contribution in [0.25, 0.3) is 32.2 Å². The fraction of sp³-hybridized carbons (Fsp3) is 0.400. The highest BCUT2D eigenvalue weighted by atomic mass is 35.5. The predicted molar refractivity (Wildman–Crippen MR) is 143 cm³/mol. The first-order chi connectivity index (χ1) is 17.8. The molecule has 0 unspecified atom stereocenters. The van der Waals surface area contributed by atoms with Gasteiger partial charge in [0, 0.05) is 34.6 Å². The average molecular weight is 546 g/mol. The van der Waals surface area contributed by atoms with Crippen LogP contribution in [-0.2, 0) is 0 Å². The van der Waals surface area contributed by atoms with Gasteiger partial charge in [0.25, 0.3) is 0 Å². The smallest absolute Gasteiger partial charge is 0.319 e. The Hall–Kier alpha value is -2.86. The third kappa shape index (κ3) is 4.43. The Morgan fingerprint density at radius 1 is 1.22 bits per heavy atom. The predicted octanol–water partition coefficient (Wildman–Crippen LogP) is 4.79. The van der Waals surface area contributed by atoms with E-state index in [9.17, 15) is 4.39 Å². The molecule has 1 saturated carbocycles. The SMILES string of the molecule is CN1CCC[C@H]1COc1nc(NC2CC(N)C2)c2cc(Cl)c(-c3ccc(F)c4sc(N)nc34)c(F)c2n1. The topological polar surface area (TPSA) is 115 Å². The fourth-order valence-corrected chi connectivity index (χ4v) is 6.18. The van der Waals surface area contributed by atoms with Gasteiger partial charge in [-0.3, -0.25) is 0 Å². The van der Waals surface area contributed by atoms with Crippen LogP contribution in [0.2, 0.25) is 5.02 Å². The second kappa shape index (κ2) is 9.46. The van der Waals surface area contributed by atoms with Crippen molar-refractivity contribution in [3.05, 3.63) is 34.9 Å². The van der Waals surface area contributed by atoms with Crippen molar-refractivity contribution in [2.24, 2.45) is 5.73 Å². The molecule has 2 fully saturated rings. The number of nitrogen functional groups attached to an aromatic ring is 1. The first-order valence-electron chi connectivity index (χ1n) is 12.2. The highest BCUT2D eigenvalue weighted by molar-refractivity contribution is 7.22. The van der Waals surface area contributed by atoms with Gasteiger partial charge in [0.05, 0.1) is 15.2 Å². The summed E-state index contributed by atoms with van der Waals surface area (Å²) in [5.41, 5.74) is 12.5. The van der Waals surface area contributed by atoms with Gasteiger partial charge in [0.2, 0.25) is 0 Å². The fourth-order valence-electron chi connectivity index (χ4n) is 5.12. The average Bonchev–Trinajstić information content (AvgIpc) is 3.44. The summed E-state index contributed by atoms with van der Waals surface area (Å²) in [4.78, 5) is 15.5. The van der Waals surface area contributed by atoms with E-state index >= 15 is 4.39 Å². The summed E-state index contributed by atoms with van der Waals surface area (Å²) >= 11 is 7.64. The molecule has 2 aromatic carbocycles. The number of anilines is 2. The summed E-state index contributed by atoms with van der Waals surface area (Å²) in [6, 6.07) is 4.89. The number of benzene rings is 2. The van der Waals surface area contributed by atoms with Gasteiger partial charge in [-0.25, -0.2) is 13.8 Å². The Labute approximate surface area is 221 Å². The molecule has 12 heteroatoms. The standard InChI is InChI=1S/C25H26ClF2N7OS/c1-35-6-2-3-13(35)10-36-25-33-20-15(23(34-25)31-12-7-11(29)8-12)9-16(26)18(19(20)28)14-4-5-17(27)22-21(14)32-24(30)37-22/h4-5,9,11-13H,2-3,6-8,10,29H2,1H3,(H2,30,32)(H,31,33,34)/t11?,12?,13-/m0/s1. The molecular formula is C25H26ClF2N7OS. The molecule has 0 radical (unpaired) electrons. The maximum Gasteiger partial charge on any atom is 0.319 e. The zero-order valence-electron chi connectivity index (χ0n) is 20.1. The van der Waals surface area contributed by atoms with Crippen LogP contribution in [0.3, 0.4) is 0 Å². The van der Waals surface area contributed by atoms with Gasteiger partial charge in [0.1, 0.15) is 23.8 Å². The number of hydrogen-bond donors (Lipinski definition) is 3. The summed E-state index contributed by atoms with van der Waals surface area (Å²) in [5.74, 6) is -0.711. The molecular weight excluding hydrogens is 520 g/mol. The molecule has 6 rings (SSSR count). The van der Waals surface area contributed by atoms with Crippen molar-refractivity contribution >= 4 is 55.0 Å². The van der Waals surface area contributed by atoms with Crippen LogP contribution in [-0.4, -0.2) is 58.2 Å². The second-order valence-corrected chi connectivity index (χ2v) is 11.2. The van der Waals surface area contributed by atoms with Crippen LogP contribution in [0.5, 0.6) is 6.01 Å². The van der Waals surface area contributed by atoms with Crippen molar-refractivity contribution in [3.63, 3.8) is 0 Å². The summed E-state index contributed by atoms with van der Waals surface area (Å²) in [6.45, 7) is 1.40. The zero-order chi connectivity index (χ0) is 25.8. The van der Waals surface area contributed by atoms with E-state index in [1.165, 1.54) is 12.1 Å². The van der Waals surface area contributed by atoms with Gasteiger partial charge >= 0.3 is 6.01 Å². The number of fused-ring (bicyclic) bond motifs is 2. The number of likely N-dealkylation sites (N-methyl/N-ethyl adjacent to an activating group) is 1. The van der Waals surface area contributed by atoms with Crippen molar-refractivity contribution < 1.29 is 13.5 Å². The van der Waals surface area contributed by atoms with E-state index < -0.39 is 11.6 Å². The van der Waals surface area contributed by atoms with Crippen LogP contribution >= 0.6 is 22.9 Å². The molecule has 4 aromatic rings. The first kappa shape index (κ1) is 24.5. The van der Waals surface area contributed by atoms with E-state index in [-0.39, 0.29) is 55.6 Å². The number of halogens is 3. The van der Waals surface area contributed by atoms with E-state index in [1.54, 1.807) is 6.07 Å². The minimum Gasteiger partial charge on any atom is -0.462 e. The van der Waals surface area contributed by atoms with Crippen molar-refractivity contribution in [3.8, 4) is 17.1 Å². The third-order valence-corrected chi connectivity index (χ3v) is 8.43. The number of ether oxygens (including phenoxy) is 1. The van der Waals surface area contributed by atoms with Crippen molar-refractivity contribution in [1.29, 1.82) is 0 Å². The molecule has 37 heavy (non-hydrogen) atoms. The zero-order valence-corrected chi connectivity index (χ0v) is 21.7. The summed E-state index contributed by atoms with van der Waals surface area (Å²) < 4.78 is 36.9. The van der Waals surface area contributed by atoms with E-state index in [2.05, 4.69) is 32.2 Å². The molecule has 0 bridgehead atoms. The number of hydrogen-bond acceptors (Lipinski definition) is 9. The monoisotopic (exact) mass is 545 g/mol. The number of rotatable bonds is 6. The van der Waals surface area contributed by atoms with Crippen LogP contribution in [0.4, 0.5) is 19.7 Å². The molecule has 2 aromatic heterocycles. The van der Waals surface area contributed by atoms with Crippen molar-refractivity contribution in [2.75, 3.05) is 31.2 Å². The van der Waals surface area contributed by atoms with Gasteiger partial charge in [-0.1, -0.05) is 22.9 Å². The largest absolute Gasteiger partial charge is 0.462 e. The number of nitrogens with two attached hydrogens (primary N) is 2. The lowest BCUT2D eigenvalue weighted by Gasteiger charge is -2.33. The first-order valence-corrected chi connectivity index (χ1v) is 13.4. The minimum absolute atomic E-state index is 0.0518. The molecule has 1 aliphatic heterocycles. The quantitative estimate of drug-likeness (QED) is 0.317. The summed E-state index contributed by atoms with van der Waals surface area (Å²) in [5, 5.41) is 4.09. The van der Waals surface area contributed by atoms with Crippen LogP contribution in [0.15, 0.2) is 18.2 Å². The molecule has 1 aliphatic carbocycles. The number of aromatic nitrogens is 3. The highest BCUT2D eigenvalue weighted by Gasteiger charge is 2.29. The molecule has 8 nitrogen and oxygen atoms in total. The van der Waals surface area contributed by atoms with Gasteiger partial charge in [-0.2, -0.15) is 9.97 Å². The van der Waals surface area contributed by atoms with E-state index in [0.29, 0.717) is 23.4 Å². The molecule has 1 saturated heterocycles. The van der Waals surface area contributed by atoms with Crippen LogP contribution < -0.4 is 21.5 Å². The summed E-state index contributed by atoms with van der Waals surface area (Å²) in [6.07, 6.45) is 3.67. The highest BCUT2D eigenvalue weighted by Crippen LogP contribution is 2.42. The number of nitrogens with zero attached hydrogens (tertiary/aromatic N) is 4. The normalized spacial score (nSPS) is 22.0. The Morgan fingerprint density at radius 2 is 2.03 bits per heavy atom. The lowest BCUT2D eigenvalue weighted by Crippen LogP contribution is -2.44. The molecule has 0 amide bonds. The molecule has 0 spiro atoms. The van der Waals surface area contributed by atoms with Crippen molar-refractivity contribution in [1.82, 2.24) is 19.9 Å². The van der Waals surface area contributed by atoms with Gasteiger partial charge in [0.15, 0.2) is 10.9 Å². The van der Waals surface area contributed by atoms with Gasteiger partial charge in [-0.05, 0) is 57.5 Å². The van der Waals surface area contributed by atoms with E-state index in [4.69, 9.17) is 27.8 Å². The Bertz CT molecular complexity index is 1510. The lowest BCUT2D eigenvalue weighted by atomic mass is 9.87. The van der Waals surface area contributed by atoms with Crippen molar-refractivity contribution in [2.45, 2.75) is 43.8 Å². The Kier molecular flexibility index (Phi) is 6.26. The van der Waals surface area contributed by atoms with Crippen LogP contribution in [0.1, 0.15) is 25.7 Å². The molecule has 5 N–H and O–H groups in total. The number of nitrogens with one attached hydrogen (secondary N) is 1. The third-order valence-electron chi connectivity index (χ3n) is 7.24. The maximum absolute atomic E-state index is 16.3. The molecule has 1 atom stereocenters. The summed E-state index contributed by atoms with van der Waals surface area (Å²) in [7, 11) is 2.05. The number of thiazole rings is 1. The molecule has 3 heterocycles. The second-order valence-electron chi connectivity index (χ2n) is 9.78. The maximum atomic E-state index is 16.3.